The minimum Gasteiger partial charge on any atom is -0.382 e. The number of hydrogen-bond acceptors (Lipinski definition) is 4. The van der Waals surface area contributed by atoms with E-state index < -0.39 is 15.6 Å². The third-order valence-electron chi connectivity index (χ3n) is 2.76. The van der Waals surface area contributed by atoms with Gasteiger partial charge < -0.3 is 9.47 Å². The van der Waals surface area contributed by atoms with Crippen molar-refractivity contribution in [2.24, 2.45) is 0 Å². The summed E-state index contributed by atoms with van der Waals surface area (Å²) in [7, 11) is -0.778. The van der Waals surface area contributed by atoms with E-state index in [0.29, 0.717) is 5.02 Å². The number of rotatable bonds is 7. The van der Waals surface area contributed by atoms with Crippen LogP contribution in [0.15, 0.2) is 23.1 Å². The molecule has 0 saturated carbocycles. The van der Waals surface area contributed by atoms with Crippen LogP contribution < -0.4 is 4.72 Å². The van der Waals surface area contributed by atoms with Crippen LogP contribution in [0, 0.1) is 0 Å². The average Bonchev–Trinajstić information content (AvgIpc) is 2.40. The van der Waals surface area contributed by atoms with Crippen LogP contribution in [0.4, 0.5) is 0 Å². The summed E-state index contributed by atoms with van der Waals surface area (Å²) >= 11 is 11.7. The summed E-state index contributed by atoms with van der Waals surface area (Å²) < 4.78 is 37.1. The van der Waals surface area contributed by atoms with Crippen molar-refractivity contribution in [2.75, 3.05) is 27.4 Å². The summed E-state index contributed by atoms with van der Waals surface area (Å²) in [6.45, 7) is 2.02. The lowest BCUT2D eigenvalue weighted by atomic mass is 10.1. The normalized spacial score (nSPS) is 15.1. The molecule has 5 nitrogen and oxygen atoms in total. The Bertz CT molecular complexity index is 565. The van der Waals surface area contributed by atoms with Gasteiger partial charge in [-0.2, -0.15) is 0 Å². The van der Waals surface area contributed by atoms with Crippen molar-refractivity contribution in [2.45, 2.75) is 17.4 Å². The van der Waals surface area contributed by atoms with Crippen molar-refractivity contribution in [1.82, 2.24) is 4.72 Å². The van der Waals surface area contributed by atoms with Crippen LogP contribution in [-0.4, -0.2) is 41.4 Å². The lowest BCUT2D eigenvalue weighted by Gasteiger charge is -2.27. The Labute approximate surface area is 129 Å². The first kappa shape index (κ1) is 17.7. The predicted octanol–water partition coefficient (Wildman–Crippen LogP) is 2.32. The Balaban J connectivity index is 2.93. The van der Waals surface area contributed by atoms with Gasteiger partial charge in [-0.1, -0.05) is 23.2 Å². The SMILES string of the molecule is COC[C@@](C)(CNS(=O)(=O)c1cc(Cl)ccc1Cl)OC. The van der Waals surface area contributed by atoms with Gasteiger partial charge in [0.15, 0.2) is 0 Å². The van der Waals surface area contributed by atoms with Crippen LogP contribution in [0.3, 0.4) is 0 Å². The molecule has 0 radical (unpaired) electrons. The van der Waals surface area contributed by atoms with E-state index in [4.69, 9.17) is 32.7 Å². The van der Waals surface area contributed by atoms with Crippen LogP contribution >= 0.6 is 23.2 Å². The molecule has 8 heteroatoms. The Morgan fingerprint density at radius 2 is 1.95 bits per heavy atom. The molecule has 0 aliphatic rings. The third-order valence-corrected chi connectivity index (χ3v) is 4.88. The van der Waals surface area contributed by atoms with Gasteiger partial charge in [0.05, 0.1) is 11.6 Å². The number of sulfonamides is 1. The predicted molar refractivity (Wildman–Crippen MR) is 78.9 cm³/mol. The maximum Gasteiger partial charge on any atom is 0.242 e. The minimum atomic E-state index is -3.78. The largest absolute Gasteiger partial charge is 0.382 e. The first-order chi connectivity index (χ1) is 9.24. The van der Waals surface area contributed by atoms with Gasteiger partial charge in [-0.3, -0.25) is 0 Å². The van der Waals surface area contributed by atoms with Gasteiger partial charge in [-0.05, 0) is 25.1 Å². The molecule has 1 atom stereocenters. The van der Waals surface area contributed by atoms with Crippen molar-refractivity contribution in [1.29, 1.82) is 0 Å². The van der Waals surface area contributed by atoms with Gasteiger partial charge in [-0.15, -0.1) is 0 Å². The van der Waals surface area contributed by atoms with Gasteiger partial charge in [0.25, 0.3) is 0 Å². The van der Waals surface area contributed by atoms with E-state index in [1.807, 2.05) is 0 Å². The molecule has 0 bridgehead atoms. The van der Waals surface area contributed by atoms with Crippen molar-refractivity contribution in [3.05, 3.63) is 28.2 Å². The fraction of sp³-hybridized carbons (Fsp3) is 0.500. The summed E-state index contributed by atoms with van der Waals surface area (Å²) in [6, 6.07) is 4.25. The lowest BCUT2D eigenvalue weighted by Crippen LogP contribution is -2.45. The summed E-state index contributed by atoms with van der Waals surface area (Å²) in [6.07, 6.45) is 0. The second-order valence-electron chi connectivity index (χ2n) is 4.49. The van der Waals surface area contributed by atoms with E-state index in [-0.39, 0.29) is 23.1 Å². The van der Waals surface area contributed by atoms with Crippen molar-refractivity contribution < 1.29 is 17.9 Å². The first-order valence-corrected chi connectivity index (χ1v) is 7.97. The zero-order valence-corrected chi connectivity index (χ0v) is 13.8. The first-order valence-electron chi connectivity index (χ1n) is 5.73. The standard InChI is InChI=1S/C12H17Cl2NO4S/c1-12(19-3,8-18-2)7-15-20(16,17)11-6-9(13)4-5-10(11)14/h4-6,15H,7-8H2,1-3H3/t12-/m1/s1. The smallest absolute Gasteiger partial charge is 0.242 e. The molecule has 20 heavy (non-hydrogen) atoms. The molecule has 0 heterocycles. The zero-order chi connectivity index (χ0) is 15.4. The Morgan fingerprint density at radius 3 is 2.50 bits per heavy atom. The summed E-state index contributed by atoms with van der Waals surface area (Å²) in [5.74, 6) is 0. The van der Waals surface area contributed by atoms with Crippen LogP contribution in [0.1, 0.15) is 6.92 Å². The van der Waals surface area contributed by atoms with Gasteiger partial charge in [0, 0.05) is 25.8 Å². The van der Waals surface area contributed by atoms with Crippen molar-refractivity contribution in [3.63, 3.8) is 0 Å². The molecular weight excluding hydrogens is 325 g/mol. The molecule has 1 aromatic rings. The summed E-state index contributed by atoms with van der Waals surface area (Å²) in [5.41, 5.74) is -0.771. The maximum absolute atomic E-state index is 12.2. The van der Waals surface area contributed by atoms with Crippen LogP contribution in [-0.2, 0) is 19.5 Å². The molecule has 0 fully saturated rings. The highest BCUT2D eigenvalue weighted by Gasteiger charge is 2.27. The summed E-state index contributed by atoms with van der Waals surface area (Å²) in [5, 5.41) is 0.397. The Hall–Kier alpha value is -0.370. The van der Waals surface area contributed by atoms with Crippen molar-refractivity contribution >= 4 is 33.2 Å². The van der Waals surface area contributed by atoms with Gasteiger partial charge in [0.1, 0.15) is 10.5 Å². The van der Waals surface area contributed by atoms with E-state index >= 15 is 0 Å². The molecule has 1 N–H and O–H groups in total. The molecular formula is C12H17Cl2NO4S. The van der Waals surface area contributed by atoms with E-state index in [1.54, 1.807) is 6.92 Å². The highest BCUT2D eigenvalue weighted by Crippen LogP contribution is 2.25. The molecule has 1 aromatic carbocycles. The Kier molecular flexibility index (Phi) is 6.25. The van der Waals surface area contributed by atoms with E-state index in [2.05, 4.69) is 4.72 Å². The fourth-order valence-corrected chi connectivity index (χ4v) is 3.41. The third kappa shape index (κ3) is 4.58. The number of nitrogens with one attached hydrogen (secondary N) is 1. The van der Waals surface area contributed by atoms with Gasteiger partial charge in [0.2, 0.25) is 10.0 Å². The topological polar surface area (TPSA) is 64.6 Å². The number of halogens is 2. The maximum atomic E-state index is 12.2. The minimum absolute atomic E-state index is 0.0442. The number of benzene rings is 1. The average molecular weight is 342 g/mol. The number of methoxy groups -OCH3 is 2. The monoisotopic (exact) mass is 341 g/mol. The van der Waals surface area contributed by atoms with E-state index in [9.17, 15) is 8.42 Å². The molecule has 0 unspecified atom stereocenters. The molecule has 0 amide bonds. The molecule has 0 aliphatic carbocycles. The molecule has 0 spiro atoms. The Morgan fingerprint density at radius 1 is 1.30 bits per heavy atom. The summed E-state index contributed by atoms with van der Waals surface area (Å²) in [4.78, 5) is -0.0671. The van der Waals surface area contributed by atoms with E-state index in [1.165, 1.54) is 32.4 Å². The van der Waals surface area contributed by atoms with Crippen molar-refractivity contribution in [3.8, 4) is 0 Å². The molecule has 0 aromatic heterocycles. The van der Waals surface area contributed by atoms with E-state index in [0.717, 1.165) is 0 Å². The van der Waals surface area contributed by atoms with Gasteiger partial charge >= 0.3 is 0 Å². The highest BCUT2D eigenvalue weighted by molar-refractivity contribution is 7.89. The van der Waals surface area contributed by atoms with Crippen LogP contribution in [0.25, 0.3) is 0 Å². The van der Waals surface area contributed by atoms with Crippen LogP contribution in [0.2, 0.25) is 10.0 Å². The quantitative estimate of drug-likeness (QED) is 0.826. The fourth-order valence-electron chi connectivity index (χ4n) is 1.50. The number of ether oxygens (including phenoxy) is 2. The second kappa shape index (κ2) is 7.06. The molecule has 114 valence electrons. The lowest BCUT2D eigenvalue weighted by molar-refractivity contribution is -0.0460. The molecule has 0 aliphatic heterocycles. The molecule has 1 rings (SSSR count). The highest BCUT2D eigenvalue weighted by atomic mass is 35.5. The molecule has 0 saturated heterocycles. The zero-order valence-electron chi connectivity index (χ0n) is 11.4. The van der Waals surface area contributed by atoms with Gasteiger partial charge in [-0.25, -0.2) is 13.1 Å². The second-order valence-corrected chi connectivity index (χ2v) is 7.07. The van der Waals surface area contributed by atoms with Crippen LogP contribution in [0.5, 0.6) is 0 Å². The number of hydrogen-bond donors (Lipinski definition) is 1.